The maximum absolute atomic E-state index is 11.8. The molecule has 1 fully saturated rings. The molecular weight excluding hydrogens is 264 g/mol. The molecule has 1 aliphatic rings. The number of carbonyl (C=O) groups excluding carboxylic acids is 1. The summed E-state index contributed by atoms with van der Waals surface area (Å²) in [6.45, 7) is 0. The zero-order chi connectivity index (χ0) is 14.0. The Hall–Kier alpha value is -1.43. The number of Topliss-reactive ketones (excluding diaryl/α,β-unsaturated/α-hetero) is 1. The number of pyridine rings is 1. The molecule has 6 heteroatoms. The summed E-state index contributed by atoms with van der Waals surface area (Å²) < 4.78 is 23.5. The molecule has 104 valence electrons. The SMILES string of the molecule is CN(c1ncccc1S(C)(=O)=O)C1CCC(=O)CC1. The minimum absolute atomic E-state index is 0.174. The first kappa shape index (κ1) is 14.0. The molecule has 2 rings (SSSR count). The molecule has 0 aromatic carbocycles. The second-order valence-corrected chi connectivity index (χ2v) is 6.96. The van der Waals surface area contributed by atoms with Crippen LogP contribution in [0.25, 0.3) is 0 Å². The zero-order valence-corrected chi connectivity index (χ0v) is 12.0. The molecule has 0 amide bonds. The normalized spacial score (nSPS) is 17.5. The summed E-state index contributed by atoms with van der Waals surface area (Å²) in [5, 5.41) is 0. The Bertz CT molecular complexity index is 573. The van der Waals surface area contributed by atoms with Gasteiger partial charge in [0, 0.05) is 38.4 Å². The fourth-order valence-corrected chi connectivity index (χ4v) is 3.28. The second-order valence-electron chi connectivity index (χ2n) is 4.98. The molecule has 1 aliphatic carbocycles. The van der Waals surface area contributed by atoms with Gasteiger partial charge in [-0.05, 0) is 25.0 Å². The lowest BCUT2D eigenvalue weighted by Gasteiger charge is -2.32. The van der Waals surface area contributed by atoms with Crippen LogP contribution in [0.15, 0.2) is 23.2 Å². The van der Waals surface area contributed by atoms with Crippen LogP contribution in [0.1, 0.15) is 25.7 Å². The van der Waals surface area contributed by atoms with E-state index in [4.69, 9.17) is 0 Å². The van der Waals surface area contributed by atoms with Crippen LogP contribution in [0.2, 0.25) is 0 Å². The quantitative estimate of drug-likeness (QED) is 0.839. The first-order chi connectivity index (χ1) is 8.89. The average molecular weight is 282 g/mol. The Balaban J connectivity index is 2.29. The van der Waals surface area contributed by atoms with Crippen molar-refractivity contribution in [3.8, 4) is 0 Å². The number of nitrogens with zero attached hydrogens (tertiary/aromatic N) is 2. The number of ketones is 1. The summed E-state index contributed by atoms with van der Waals surface area (Å²) in [7, 11) is -1.45. The molecule has 1 heterocycles. The molecule has 0 unspecified atom stereocenters. The number of anilines is 1. The number of hydrogen-bond donors (Lipinski definition) is 0. The first-order valence-corrected chi connectivity index (χ1v) is 8.18. The van der Waals surface area contributed by atoms with Crippen molar-refractivity contribution >= 4 is 21.4 Å². The third kappa shape index (κ3) is 3.12. The average Bonchev–Trinajstić information content (AvgIpc) is 2.38. The Morgan fingerprint density at radius 3 is 2.53 bits per heavy atom. The van der Waals surface area contributed by atoms with Crippen LogP contribution in [0.4, 0.5) is 5.82 Å². The van der Waals surface area contributed by atoms with Gasteiger partial charge in [0.1, 0.15) is 16.5 Å². The van der Waals surface area contributed by atoms with Crippen molar-refractivity contribution in [2.24, 2.45) is 0 Å². The van der Waals surface area contributed by atoms with Gasteiger partial charge in [-0.1, -0.05) is 0 Å². The molecule has 0 saturated heterocycles. The van der Waals surface area contributed by atoms with Crippen molar-refractivity contribution in [1.29, 1.82) is 0 Å². The summed E-state index contributed by atoms with van der Waals surface area (Å²) in [5.41, 5.74) is 0. The molecule has 0 spiro atoms. The van der Waals surface area contributed by atoms with Crippen molar-refractivity contribution < 1.29 is 13.2 Å². The van der Waals surface area contributed by atoms with Crippen molar-refractivity contribution in [2.75, 3.05) is 18.2 Å². The molecule has 0 bridgehead atoms. The monoisotopic (exact) mass is 282 g/mol. The van der Waals surface area contributed by atoms with E-state index in [0.29, 0.717) is 18.7 Å². The molecule has 1 aromatic heterocycles. The summed E-state index contributed by atoms with van der Waals surface area (Å²) in [5.74, 6) is 0.762. The number of rotatable bonds is 3. The lowest BCUT2D eigenvalue weighted by molar-refractivity contribution is -0.120. The third-order valence-electron chi connectivity index (χ3n) is 3.54. The van der Waals surface area contributed by atoms with Crippen molar-refractivity contribution in [3.63, 3.8) is 0 Å². The van der Waals surface area contributed by atoms with Crippen LogP contribution in [-0.2, 0) is 14.6 Å². The third-order valence-corrected chi connectivity index (χ3v) is 4.66. The molecule has 0 N–H and O–H groups in total. The largest absolute Gasteiger partial charge is 0.356 e. The van der Waals surface area contributed by atoms with Crippen molar-refractivity contribution in [1.82, 2.24) is 4.98 Å². The zero-order valence-electron chi connectivity index (χ0n) is 11.2. The number of aromatic nitrogens is 1. The van der Waals surface area contributed by atoms with Crippen LogP contribution in [-0.4, -0.2) is 38.5 Å². The second kappa shape index (κ2) is 5.28. The van der Waals surface area contributed by atoms with Crippen LogP contribution in [0.3, 0.4) is 0 Å². The van der Waals surface area contributed by atoms with E-state index < -0.39 is 9.84 Å². The highest BCUT2D eigenvalue weighted by Gasteiger charge is 2.26. The number of hydrogen-bond acceptors (Lipinski definition) is 5. The van der Waals surface area contributed by atoms with E-state index in [0.717, 1.165) is 12.8 Å². The minimum Gasteiger partial charge on any atom is -0.356 e. The van der Waals surface area contributed by atoms with E-state index in [1.807, 2.05) is 11.9 Å². The maximum atomic E-state index is 11.8. The van der Waals surface area contributed by atoms with Gasteiger partial charge in [0.15, 0.2) is 9.84 Å². The Kier molecular flexibility index (Phi) is 3.89. The molecule has 5 nitrogen and oxygen atoms in total. The Morgan fingerprint density at radius 1 is 1.32 bits per heavy atom. The predicted octanol–water partition coefficient (Wildman–Crippen LogP) is 1.43. The van der Waals surface area contributed by atoms with E-state index in [9.17, 15) is 13.2 Å². The fourth-order valence-electron chi connectivity index (χ4n) is 2.42. The molecule has 0 aliphatic heterocycles. The standard InChI is InChI=1S/C13H18N2O3S/c1-15(10-5-7-11(16)8-6-10)13-12(19(2,17)18)4-3-9-14-13/h3-4,9-10H,5-8H2,1-2H3. The first-order valence-electron chi connectivity index (χ1n) is 6.29. The molecule has 0 atom stereocenters. The smallest absolute Gasteiger partial charge is 0.179 e. The summed E-state index contributed by atoms with van der Waals surface area (Å²) in [4.78, 5) is 17.6. The summed E-state index contributed by atoms with van der Waals surface area (Å²) >= 11 is 0. The van der Waals surface area contributed by atoms with Crippen molar-refractivity contribution in [2.45, 2.75) is 36.6 Å². The fraction of sp³-hybridized carbons (Fsp3) is 0.538. The number of carbonyl (C=O) groups is 1. The summed E-state index contributed by atoms with van der Waals surface area (Å²) in [6.07, 6.45) is 5.43. The lowest BCUT2D eigenvalue weighted by atomic mass is 9.93. The predicted molar refractivity (Wildman–Crippen MR) is 73.0 cm³/mol. The van der Waals surface area contributed by atoms with Crippen LogP contribution < -0.4 is 4.90 Å². The van der Waals surface area contributed by atoms with Gasteiger partial charge in [0.2, 0.25) is 0 Å². The van der Waals surface area contributed by atoms with Gasteiger partial charge in [0.05, 0.1) is 0 Å². The van der Waals surface area contributed by atoms with Gasteiger partial charge in [-0.2, -0.15) is 0 Å². The van der Waals surface area contributed by atoms with E-state index in [1.54, 1.807) is 18.3 Å². The highest BCUT2D eigenvalue weighted by Crippen LogP contribution is 2.27. The highest BCUT2D eigenvalue weighted by molar-refractivity contribution is 7.90. The van der Waals surface area contributed by atoms with E-state index in [2.05, 4.69) is 4.98 Å². The summed E-state index contributed by atoms with van der Waals surface area (Å²) in [6, 6.07) is 3.37. The van der Waals surface area contributed by atoms with Crippen LogP contribution in [0, 0.1) is 0 Å². The van der Waals surface area contributed by atoms with Gasteiger partial charge >= 0.3 is 0 Å². The van der Waals surface area contributed by atoms with Crippen LogP contribution in [0.5, 0.6) is 0 Å². The molecule has 19 heavy (non-hydrogen) atoms. The van der Waals surface area contributed by atoms with Gasteiger partial charge in [-0.25, -0.2) is 13.4 Å². The molecule has 0 radical (unpaired) electrons. The van der Waals surface area contributed by atoms with Crippen molar-refractivity contribution in [3.05, 3.63) is 18.3 Å². The van der Waals surface area contributed by atoms with E-state index in [1.165, 1.54) is 6.26 Å². The van der Waals surface area contributed by atoms with E-state index >= 15 is 0 Å². The van der Waals surface area contributed by atoms with Gasteiger partial charge < -0.3 is 4.90 Å². The van der Waals surface area contributed by atoms with Gasteiger partial charge in [-0.15, -0.1) is 0 Å². The van der Waals surface area contributed by atoms with E-state index in [-0.39, 0.29) is 16.7 Å². The van der Waals surface area contributed by atoms with Gasteiger partial charge in [-0.3, -0.25) is 4.79 Å². The lowest BCUT2D eigenvalue weighted by Crippen LogP contribution is -2.36. The molecule has 1 saturated carbocycles. The number of sulfone groups is 1. The molecule has 1 aromatic rings. The minimum atomic E-state index is -3.30. The van der Waals surface area contributed by atoms with Crippen LogP contribution >= 0.6 is 0 Å². The Labute approximate surface area is 113 Å². The topological polar surface area (TPSA) is 67.3 Å². The highest BCUT2D eigenvalue weighted by atomic mass is 32.2. The maximum Gasteiger partial charge on any atom is 0.179 e. The Morgan fingerprint density at radius 2 is 1.95 bits per heavy atom. The molecular formula is C13H18N2O3S. The van der Waals surface area contributed by atoms with Gasteiger partial charge in [0.25, 0.3) is 0 Å².